The summed E-state index contributed by atoms with van der Waals surface area (Å²) < 4.78 is 5.80. The topological polar surface area (TPSA) is 24.5 Å². The van der Waals surface area contributed by atoms with Crippen molar-refractivity contribution in [2.24, 2.45) is 5.92 Å². The lowest BCUT2D eigenvalue weighted by atomic mass is 10.1. The summed E-state index contributed by atoms with van der Waals surface area (Å²) in [6.45, 7) is 13.3. The van der Waals surface area contributed by atoms with Crippen LogP contribution in [0.15, 0.2) is 0 Å². The Morgan fingerprint density at radius 2 is 2.25 bits per heavy atom. The lowest BCUT2D eigenvalue weighted by molar-refractivity contribution is -0.0357. The van der Waals surface area contributed by atoms with Crippen molar-refractivity contribution in [3.8, 4) is 0 Å². The zero-order chi connectivity index (χ0) is 11.8. The van der Waals surface area contributed by atoms with Crippen LogP contribution in [0.2, 0.25) is 0 Å². The maximum Gasteiger partial charge on any atom is 0.0703 e. The van der Waals surface area contributed by atoms with Gasteiger partial charge in [-0.2, -0.15) is 0 Å². The minimum absolute atomic E-state index is 0.464. The first kappa shape index (κ1) is 13.9. The molecular weight excluding hydrogens is 200 g/mol. The molecule has 3 nitrogen and oxygen atoms in total. The first-order valence-corrected chi connectivity index (χ1v) is 6.77. The number of hydrogen-bond acceptors (Lipinski definition) is 3. The van der Waals surface area contributed by atoms with E-state index in [1.807, 2.05) is 0 Å². The van der Waals surface area contributed by atoms with E-state index in [-0.39, 0.29) is 0 Å². The molecular formula is C13H28N2O. The molecule has 0 radical (unpaired) electrons. The fourth-order valence-electron chi connectivity index (χ4n) is 2.27. The average molecular weight is 228 g/mol. The third kappa shape index (κ3) is 5.83. The highest BCUT2D eigenvalue weighted by molar-refractivity contribution is 4.72. The van der Waals surface area contributed by atoms with Crippen molar-refractivity contribution < 1.29 is 4.74 Å². The van der Waals surface area contributed by atoms with Crippen molar-refractivity contribution in [3.63, 3.8) is 0 Å². The SMILES string of the molecule is CCNCCC[C@@H]1CN(CC(C)C)CCO1. The van der Waals surface area contributed by atoms with Crippen LogP contribution in [0, 0.1) is 5.92 Å². The Labute approximate surface area is 101 Å². The van der Waals surface area contributed by atoms with Gasteiger partial charge < -0.3 is 10.1 Å². The van der Waals surface area contributed by atoms with E-state index in [1.54, 1.807) is 0 Å². The highest BCUT2D eigenvalue weighted by Crippen LogP contribution is 2.11. The van der Waals surface area contributed by atoms with Crippen molar-refractivity contribution in [2.45, 2.75) is 39.7 Å². The maximum absolute atomic E-state index is 5.80. The first-order chi connectivity index (χ1) is 7.72. The molecule has 1 saturated heterocycles. The molecule has 1 aliphatic rings. The van der Waals surface area contributed by atoms with Crippen molar-refractivity contribution >= 4 is 0 Å². The number of nitrogens with one attached hydrogen (secondary N) is 1. The van der Waals surface area contributed by atoms with E-state index in [0.717, 1.165) is 38.7 Å². The molecule has 1 aliphatic heterocycles. The number of ether oxygens (including phenoxy) is 1. The number of rotatable bonds is 7. The highest BCUT2D eigenvalue weighted by atomic mass is 16.5. The molecule has 0 saturated carbocycles. The minimum Gasteiger partial charge on any atom is -0.376 e. The van der Waals surface area contributed by atoms with Gasteiger partial charge in [-0.25, -0.2) is 0 Å². The third-order valence-electron chi connectivity index (χ3n) is 2.98. The van der Waals surface area contributed by atoms with Crippen LogP contribution in [0.3, 0.4) is 0 Å². The molecule has 0 amide bonds. The van der Waals surface area contributed by atoms with Gasteiger partial charge >= 0.3 is 0 Å². The Morgan fingerprint density at radius 3 is 2.94 bits per heavy atom. The normalized spacial score (nSPS) is 22.9. The van der Waals surface area contributed by atoms with Crippen LogP contribution >= 0.6 is 0 Å². The minimum atomic E-state index is 0.464. The fraction of sp³-hybridized carbons (Fsp3) is 1.00. The Bertz CT molecular complexity index is 173. The van der Waals surface area contributed by atoms with Crippen molar-refractivity contribution in [2.75, 3.05) is 39.3 Å². The zero-order valence-corrected chi connectivity index (χ0v) is 11.2. The number of morpholine rings is 1. The molecule has 0 unspecified atom stereocenters. The quantitative estimate of drug-likeness (QED) is 0.672. The van der Waals surface area contributed by atoms with Crippen molar-refractivity contribution in [1.82, 2.24) is 10.2 Å². The van der Waals surface area contributed by atoms with Gasteiger partial charge in [0.05, 0.1) is 12.7 Å². The largest absolute Gasteiger partial charge is 0.376 e. The molecule has 1 atom stereocenters. The van der Waals surface area contributed by atoms with Gasteiger partial charge in [-0.1, -0.05) is 20.8 Å². The molecule has 1 rings (SSSR count). The van der Waals surface area contributed by atoms with Gasteiger partial charge in [0.1, 0.15) is 0 Å². The van der Waals surface area contributed by atoms with E-state index in [1.165, 1.54) is 19.4 Å². The van der Waals surface area contributed by atoms with Crippen molar-refractivity contribution in [1.29, 1.82) is 0 Å². The van der Waals surface area contributed by atoms with Gasteiger partial charge in [0.2, 0.25) is 0 Å². The Hall–Kier alpha value is -0.120. The summed E-state index contributed by atoms with van der Waals surface area (Å²) in [6, 6.07) is 0. The van der Waals surface area contributed by atoms with Gasteiger partial charge in [0, 0.05) is 19.6 Å². The van der Waals surface area contributed by atoms with E-state index >= 15 is 0 Å². The Morgan fingerprint density at radius 1 is 1.44 bits per heavy atom. The van der Waals surface area contributed by atoms with Gasteiger partial charge in [0.15, 0.2) is 0 Å². The highest BCUT2D eigenvalue weighted by Gasteiger charge is 2.20. The van der Waals surface area contributed by atoms with Crippen LogP contribution in [0.5, 0.6) is 0 Å². The van der Waals surface area contributed by atoms with E-state index in [0.29, 0.717) is 6.10 Å². The second-order valence-electron chi connectivity index (χ2n) is 5.14. The molecule has 0 aromatic rings. The van der Waals surface area contributed by atoms with Crippen LogP contribution in [0.4, 0.5) is 0 Å². The Balaban J connectivity index is 2.12. The van der Waals surface area contributed by atoms with Crippen LogP contribution < -0.4 is 5.32 Å². The lowest BCUT2D eigenvalue weighted by Gasteiger charge is -2.34. The summed E-state index contributed by atoms with van der Waals surface area (Å²) in [5, 5.41) is 3.36. The van der Waals surface area contributed by atoms with Gasteiger partial charge in [-0.3, -0.25) is 4.90 Å². The summed E-state index contributed by atoms with van der Waals surface area (Å²) in [4.78, 5) is 2.55. The summed E-state index contributed by atoms with van der Waals surface area (Å²) >= 11 is 0. The van der Waals surface area contributed by atoms with E-state index in [4.69, 9.17) is 4.74 Å². The van der Waals surface area contributed by atoms with Gasteiger partial charge in [-0.15, -0.1) is 0 Å². The monoisotopic (exact) mass is 228 g/mol. The maximum atomic E-state index is 5.80. The van der Waals surface area contributed by atoms with Crippen LogP contribution in [-0.4, -0.2) is 50.3 Å². The molecule has 0 aromatic heterocycles. The molecule has 0 spiro atoms. The molecule has 0 aromatic carbocycles. The molecule has 1 N–H and O–H groups in total. The van der Waals surface area contributed by atoms with E-state index in [9.17, 15) is 0 Å². The number of hydrogen-bond donors (Lipinski definition) is 1. The summed E-state index contributed by atoms with van der Waals surface area (Å²) in [7, 11) is 0. The predicted octanol–water partition coefficient (Wildman–Crippen LogP) is 1.73. The van der Waals surface area contributed by atoms with Gasteiger partial charge in [0.25, 0.3) is 0 Å². The van der Waals surface area contributed by atoms with Gasteiger partial charge in [-0.05, 0) is 31.8 Å². The van der Waals surface area contributed by atoms with Crippen LogP contribution in [0.1, 0.15) is 33.6 Å². The second-order valence-corrected chi connectivity index (χ2v) is 5.14. The number of nitrogens with zero attached hydrogens (tertiary/aromatic N) is 1. The van der Waals surface area contributed by atoms with Crippen LogP contribution in [-0.2, 0) is 4.74 Å². The van der Waals surface area contributed by atoms with Crippen LogP contribution in [0.25, 0.3) is 0 Å². The molecule has 96 valence electrons. The molecule has 1 fully saturated rings. The second kappa shape index (κ2) is 8.04. The van der Waals surface area contributed by atoms with E-state index < -0.39 is 0 Å². The van der Waals surface area contributed by atoms with E-state index in [2.05, 4.69) is 31.0 Å². The third-order valence-corrected chi connectivity index (χ3v) is 2.98. The molecule has 1 heterocycles. The summed E-state index contributed by atoms with van der Waals surface area (Å²) in [5.41, 5.74) is 0. The molecule has 3 heteroatoms. The average Bonchev–Trinajstić information content (AvgIpc) is 2.24. The lowest BCUT2D eigenvalue weighted by Crippen LogP contribution is -2.44. The summed E-state index contributed by atoms with van der Waals surface area (Å²) in [6.07, 6.45) is 2.89. The molecule has 0 bridgehead atoms. The standard InChI is InChI=1S/C13H28N2O/c1-4-14-7-5-6-13-11-15(8-9-16-13)10-12(2)3/h12-14H,4-11H2,1-3H3/t13-/m1/s1. The van der Waals surface area contributed by atoms with Crippen molar-refractivity contribution in [3.05, 3.63) is 0 Å². The summed E-state index contributed by atoms with van der Waals surface area (Å²) in [5.74, 6) is 0.764. The smallest absolute Gasteiger partial charge is 0.0703 e. The first-order valence-electron chi connectivity index (χ1n) is 6.77. The Kier molecular flexibility index (Phi) is 7.01. The predicted molar refractivity (Wildman–Crippen MR) is 68.8 cm³/mol. The molecule has 0 aliphatic carbocycles. The molecule has 16 heavy (non-hydrogen) atoms. The zero-order valence-electron chi connectivity index (χ0n) is 11.2. The fourth-order valence-corrected chi connectivity index (χ4v) is 2.27.